The van der Waals surface area contributed by atoms with Crippen LogP contribution in [0.25, 0.3) is 0 Å². The second-order valence-electron chi connectivity index (χ2n) is 6.50. The molecule has 0 atom stereocenters. The van der Waals surface area contributed by atoms with Crippen LogP contribution in [0.15, 0.2) is 91.0 Å². The minimum absolute atomic E-state index is 0.672. The van der Waals surface area contributed by atoms with Crippen LogP contribution in [0.1, 0.15) is 5.56 Å². The van der Waals surface area contributed by atoms with Gasteiger partial charge in [0.1, 0.15) is 0 Å². The van der Waals surface area contributed by atoms with Gasteiger partial charge in [-0.3, -0.25) is 0 Å². The first kappa shape index (κ1) is 16.6. The van der Waals surface area contributed by atoms with E-state index in [1.54, 1.807) is 0 Å². The summed E-state index contributed by atoms with van der Waals surface area (Å²) in [5, 5.41) is 15.5. The minimum atomic E-state index is -2.30. The second-order valence-corrected chi connectivity index (χ2v) is 10.4. The van der Waals surface area contributed by atoms with Gasteiger partial charge in [0.05, 0.1) is 0 Å². The Morgan fingerprint density at radius 3 is 1.77 bits per heavy atom. The molecule has 26 heavy (non-hydrogen) atoms. The van der Waals surface area contributed by atoms with E-state index in [-0.39, 0.29) is 0 Å². The van der Waals surface area contributed by atoms with Gasteiger partial charge >= 0.3 is 153 Å². The van der Waals surface area contributed by atoms with Crippen LogP contribution in [0.5, 0.6) is 0 Å². The van der Waals surface area contributed by atoms with Crippen LogP contribution >= 0.6 is 7.26 Å². The molecule has 4 rings (SSSR count). The molecule has 0 fully saturated rings. The van der Waals surface area contributed by atoms with E-state index >= 15 is 0 Å². The van der Waals surface area contributed by atoms with E-state index in [0.717, 1.165) is 5.57 Å². The van der Waals surface area contributed by atoms with Crippen molar-refractivity contribution in [2.45, 2.75) is 6.54 Å². The SMILES string of the molecule is C[PH](c1ccccc1)(c1ccccc1)c1nnnn1Cc1ccccc1. The molecule has 130 valence electrons. The third-order valence-electron chi connectivity index (χ3n) is 4.86. The molecule has 0 radical (unpaired) electrons. The Balaban J connectivity index is 1.85. The van der Waals surface area contributed by atoms with Gasteiger partial charge in [0, 0.05) is 0 Å². The Bertz CT molecular complexity index is 929. The first-order chi connectivity index (χ1) is 12.8. The number of aromatic nitrogens is 4. The molecule has 0 saturated heterocycles. The Kier molecular flexibility index (Phi) is 4.59. The van der Waals surface area contributed by atoms with Gasteiger partial charge in [0.2, 0.25) is 0 Å². The molecule has 0 aliphatic carbocycles. The molecular weight excluding hydrogens is 339 g/mol. The zero-order valence-electron chi connectivity index (χ0n) is 14.7. The van der Waals surface area contributed by atoms with Crippen LogP contribution in [0.3, 0.4) is 0 Å². The third-order valence-corrected chi connectivity index (χ3v) is 9.09. The molecule has 1 aromatic heterocycles. The third kappa shape index (κ3) is 3.04. The van der Waals surface area contributed by atoms with Gasteiger partial charge in [0.25, 0.3) is 0 Å². The molecule has 0 aliphatic heterocycles. The predicted octanol–water partition coefficient (Wildman–Crippen LogP) is 2.38. The summed E-state index contributed by atoms with van der Waals surface area (Å²) in [6, 6.07) is 31.6. The van der Waals surface area contributed by atoms with Gasteiger partial charge in [0.15, 0.2) is 0 Å². The number of hydrogen-bond acceptors (Lipinski definition) is 3. The quantitative estimate of drug-likeness (QED) is 0.513. The molecule has 5 heteroatoms. The van der Waals surface area contributed by atoms with E-state index < -0.39 is 7.26 Å². The fourth-order valence-corrected chi connectivity index (χ4v) is 6.85. The van der Waals surface area contributed by atoms with Crippen LogP contribution < -0.4 is 16.2 Å². The van der Waals surface area contributed by atoms with E-state index in [0.29, 0.717) is 6.54 Å². The molecule has 0 aliphatic rings. The fourth-order valence-electron chi connectivity index (χ4n) is 3.39. The van der Waals surface area contributed by atoms with E-state index in [1.165, 1.54) is 16.2 Å². The molecule has 0 amide bonds. The van der Waals surface area contributed by atoms with Crippen molar-refractivity contribution in [2.75, 3.05) is 6.66 Å². The summed E-state index contributed by atoms with van der Waals surface area (Å²) < 4.78 is 1.96. The van der Waals surface area contributed by atoms with E-state index in [2.05, 4.69) is 95.0 Å². The summed E-state index contributed by atoms with van der Waals surface area (Å²) >= 11 is 0. The first-order valence-electron chi connectivity index (χ1n) is 8.70. The van der Waals surface area contributed by atoms with Crippen molar-refractivity contribution in [3.05, 3.63) is 96.6 Å². The topological polar surface area (TPSA) is 43.6 Å². The Morgan fingerprint density at radius 2 is 1.23 bits per heavy atom. The summed E-state index contributed by atoms with van der Waals surface area (Å²) in [5.41, 5.74) is 2.16. The van der Waals surface area contributed by atoms with Gasteiger partial charge in [-0.1, -0.05) is 0 Å². The van der Waals surface area contributed by atoms with Crippen LogP contribution in [0.2, 0.25) is 0 Å². The van der Waals surface area contributed by atoms with Crippen molar-refractivity contribution in [2.24, 2.45) is 0 Å². The zero-order chi connectivity index (χ0) is 17.8. The van der Waals surface area contributed by atoms with Crippen LogP contribution in [-0.4, -0.2) is 26.9 Å². The number of nitrogens with zero attached hydrogens (tertiary/aromatic N) is 4. The molecule has 0 unspecified atom stereocenters. The van der Waals surface area contributed by atoms with Crippen molar-refractivity contribution in [1.82, 2.24) is 20.2 Å². The van der Waals surface area contributed by atoms with E-state index in [4.69, 9.17) is 0 Å². The molecule has 0 spiro atoms. The van der Waals surface area contributed by atoms with Gasteiger partial charge < -0.3 is 0 Å². The van der Waals surface area contributed by atoms with Crippen LogP contribution in [0.4, 0.5) is 0 Å². The normalized spacial score (nSPS) is 12.0. The monoisotopic (exact) mass is 360 g/mol. The fraction of sp³-hybridized carbons (Fsp3) is 0.0952. The Hall–Kier alpha value is -2.84. The number of rotatable bonds is 5. The summed E-state index contributed by atoms with van der Waals surface area (Å²) in [6.45, 7) is 3.00. The molecule has 4 aromatic rings. The number of tetrazole rings is 1. The Morgan fingerprint density at radius 1 is 0.731 bits per heavy atom. The Labute approximate surface area is 153 Å². The van der Waals surface area contributed by atoms with Gasteiger partial charge in [-0.2, -0.15) is 0 Å². The number of hydrogen-bond donors (Lipinski definition) is 0. The number of benzene rings is 3. The van der Waals surface area contributed by atoms with Crippen molar-refractivity contribution < 1.29 is 0 Å². The maximum absolute atomic E-state index is 4.50. The van der Waals surface area contributed by atoms with Crippen molar-refractivity contribution in [3.63, 3.8) is 0 Å². The van der Waals surface area contributed by atoms with Crippen molar-refractivity contribution >= 4 is 23.4 Å². The maximum atomic E-state index is 4.50. The average Bonchev–Trinajstić information content (AvgIpc) is 3.18. The predicted molar refractivity (Wildman–Crippen MR) is 109 cm³/mol. The molecule has 0 bridgehead atoms. The van der Waals surface area contributed by atoms with Gasteiger partial charge in [-0.15, -0.1) is 0 Å². The van der Waals surface area contributed by atoms with Gasteiger partial charge in [-0.25, -0.2) is 0 Å². The first-order valence-corrected chi connectivity index (χ1v) is 11.2. The average molecular weight is 360 g/mol. The van der Waals surface area contributed by atoms with Crippen LogP contribution in [0, 0.1) is 0 Å². The molecule has 0 saturated carbocycles. The molecule has 4 nitrogen and oxygen atoms in total. The van der Waals surface area contributed by atoms with Crippen LogP contribution in [-0.2, 0) is 6.54 Å². The zero-order valence-corrected chi connectivity index (χ0v) is 15.7. The summed E-state index contributed by atoms with van der Waals surface area (Å²) in [6.07, 6.45) is 0. The summed E-state index contributed by atoms with van der Waals surface area (Å²) in [7, 11) is -2.30. The summed E-state index contributed by atoms with van der Waals surface area (Å²) in [4.78, 5) is 0. The molecule has 3 aromatic carbocycles. The van der Waals surface area contributed by atoms with E-state index in [1.807, 2.05) is 22.9 Å². The van der Waals surface area contributed by atoms with Crippen molar-refractivity contribution in [1.29, 1.82) is 0 Å². The van der Waals surface area contributed by atoms with Gasteiger partial charge in [-0.05, 0) is 0 Å². The summed E-state index contributed by atoms with van der Waals surface area (Å²) in [5.74, 6) is 0. The van der Waals surface area contributed by atoms with E-state index in [9.17, 15) is 0 Å². The second kappa shape index (κ2) is 7.19. The molecular formula is C21H21N4P. The molecule has 0 N–H and O–H groups in total. The van der Waals surface area contributed by atoms with Crippen molar-refractivity contribution in [3.8, 4) is 0 Å². The standard InChI is InChI=1S/C21H21N4P/c1-26(19-13-7-3-8-14-19,20-15-9-4-10-16-20)21-22-23-24-25(21)17-18-11-5-2-6-12-18/h2-16,26H,17H2,1H3. The molecule has 1 heterocycles.